The SMILES string of the molecule is CNC(=O)C1CCN(C(=O)N2CC(OCc3ccc(C(F)(F)F)cc3F)C2)C1. The molecule has 2 saturated heterocycles. The molecule has 1 N–H and O–H groups in total. The predicted octanol–water partition coefficient (Wildman–Crippen LogP) is 2.23. The van der Waals surface area contributed by atoms with Crippen LogP contribution in [-0.2, 0) is 22.3 Å². The number of urea groups is 1. The topological polar surface area (TPSA) is 61.9 Å². The van der Waals surface area contributed by atoms with E-state index in [1.54, 1.807) is 16.8 Å². The van der Waals surface area contributed by atoms with Gasteiger partial charge in [0.25, 0.3) is 0 Å². The van der Waals surface area contributed by atoms with E-state index in [0.717, 1.165) is 12.1 Å². The number of nitrogens with one attached hydrogen (secondary N) is 1. The first kappa shape index (κ1) is 20.4. The smallest absolute Gasteiger partial charge is 0.370 e. The van der Waals surface area contributed by atoms with Crippen molar-refractivity contribution in [2.24, 2.45) is 5.92 Å². The van der Waals surface area contributed by atoms with Crippen molar-refractivity contribution in [3.8, 4) is 0 Å². The zero-order valence-corrected chi connectivity index (χ0v) is 15.3. The van der Waals surface area contributed by atoms with Crippen LogP contribution in [0.2, 0.25) is 0 Å². The summed E-state index contributed by atoms with van der Waals surface area (Å²) in [5, 5.41) is 2.58. The zero-order chi connectivity index (χ0) is 20.5. The summed E-state index contributed by atoms with van der Waals surface area (Å²) < 4.78 is 57.0. The van der Waals surface area contributed by atoms with Crippen molar-refractivity contribution in [2.45, 2.75) is 25.3 Å². The molecule has 1 aromatic rings. The second kappa shape index (κ2) is 7.94. The molecule has 28 heavy (non-hydrogen) atoms. The van der Waals surface area contributed by atoms with Gasteiger partial charge in [-0.25, -0.2) is 9.18 Å². The van der Waals surface area contributed by atoms with Gasteiger partial charge in [-0.3, -0.25) is 4.79 Å². The van der Waals surface area contributed by atoms with Crippen LogP contribution in [0.5, 0.6) is 0 Å². The van der Waals surface area contributed by atoms with Crippen molar-refractivity contribution in [3.05, 3.63) is 35.1 Å². The van der Waals surface area contributed by atoms with Crippen LogP contribution < -0.4 is 5.32 Å². The monoisotopic (exact) mass is 403 g/mol. The molecule has 0 spiro atoms. The minimum atomic E-state index is -4.60. The molecule has 0 aromatic heterocycles. The molecule has 0 saturated carbocycles. The molecule has 2 aliphatic heterocycles. The first-order valence-electron chi connectivity index (χ1n) is 8.91. The number of carbonyl (C=O) groups excluding carboxylic acids is 2. The number of amides is 3. The number of alkyl halides is 3. The van der Waals surface area contributed by atoms with Crippen LogP contribution in [0, 0.1) is 11.7 Å². The Morgan fingerprint density at radius 3 is 2.54 bits per heavy atom. The first-order valence-corrected chi connectivity index (χ1v) is 8.91. The van der Waals surface area contributed by atoms with Crippen LogP contribution in [0.15, 0.2) is 18.2 Å². The van der Waals surface area contributed by atoms with Gasteiger partial charge in [0.05, 0.1) is 37.3 Å². The average Bonchev–Trinajstić information content (AvgIpc) is 3.09. The molecule has 10 heteroatoms. The van der Waals surface area contributed by atoms with Crippen LogP contribution in [0.3, 0.4) is 0 Å². The van der Waals surface area contributed by atoms with Crippen LogP contribution in [0.1, 0.15) is 17.5 Å². The molecule has 2 heterocycles. The number of halogens is 4. The minimum Gasteiger partial charge on any atom is -0.370 e. The number of hydrogen-bond donors (Lipinski definition) is 1. The van der Waals surface area contributed by atoms with Gasteiger partial charge in [-0.15, -0.1) is 0 Å². The van der Waals surface area contributed by atoms with Gasteiger partial charge < -0.3 is 19.9 Å². The highest BCUT2D eigenvalue weighted by atomic mass is 19.4. The lowest BCUT2D eigenvalue weighted by molar-refractivity contribution is -0.137. The Hall–Kier alpha value is -2.36. The van der Waals surface area contributed by atoms with Gasteiger partial charge in [-0.1, -0.05) is 6.07 Å². The fourth-order valence-corrected chi connectivity index (χ4v) is 3.30. The molecule has 2 fully saturated rings. The standard InChI is InChI=1S/C18H21F4N3O3/c1-23-16(26)11-4-5-24(7-11)17(27)25-8-14(9-25)28-10-12-2-3-13(6-15(12)19)18(20,21)22/h2-3,6,11,14H,4-5,7-10H2,1H3,(H,23,26). The molecule has 6 nitrogen and oxygen atoms in total. The molecule has 0 radical (unpaired) electrons. The van der Waals surface area contributed by atoms with E-state index in [9.17, 15) is 27.2 Å². The van der Waals surface area contributed by atoms with Gasteiger partial charge in [0.15, 0.2) is 0 Å². The van der Waals surface area contributed by atoms with E-state index in [4.69, 9.17) is 4.74 Å². The first-order chi connectivity index (χ1) is 13.2. The number of carbonyl (C=O) groups is 2. The number of hydrogen-bond acceptors (Lipinski definition) is 3. The normalized spacial score (nSPS) is 20.2. The van der Waals surface area contributed by atoms with E-state index in [-0.39, 0.29) is 36.1 Å². The summed E-state index contributed by atoms with van der Waals surface area (Å²) in [7, 11) is 1.56. The summed E-state index contributed by atoms with van der Waals surface area (Å²) in [4.78, 5) is 27.2. The molecule has 2 aliphatic rings. The lowest BCUT2D eigenvalue weighted by atomic mass is 10.1. The third-order valence-corrected chi connectivity index (χ3v) is 5.05. The van der Waals surface area contributed by atoms with E-state index >= 15 is 0 Å². The highest BCUT2D eigenvalue weighted by Crippen LogP contribution is 2.30. The van der Waals surface area contributed by atoms with Crippen LogP contribution in [-0.4, -0.2) is 61.1 Å². The third kappa shape index (κ3) is 4.37. The third-order valence-electron chi connectivity index (χ3n) is 5.05. The Morgan fingerprint density at radius 1 is 1.21 bits per heavy atom. The maximum absolute atomic E-state index is 13.8. The second-order valence-electron chi connectivity index (χ2n) is 6.97. The summed E-state index contributed by atoms with van der Waals surface area (Å²) in [6.07, 6.45) is -4.28. The summed E-state index contributed by atoms with van der Waals surface area (Å²) in [5.74, 6) is -1.26. The van der Waals surface area contributed by atoms with E-state index in [1.807, 2.05) is 0 Å². The van der Waals surface area contributed by atoms with Crippen LogP contribution in [0.4, 0.5) is 22.4 Å². The summed E-state index contributed by atoms with van der Waals surface area (Å²) in [5.41, 5.74) is -1.01. The molecular weight excluding hydrogens is 382 g/mol. The minimum absolute atomic E-state index is 0.0331. The van der Waals surface area contributed by atoms with Crippen molar-refractivity contribution in [2.75, 3.05) is 33.2 Å². The molecule has 1 atom stereocenters. The number of likely N-dealkylation sites (tertiary alicyclic amines) is 2. The second-order valence-corrected chi connectivity index (χ2v) is 6.97. The van der Waals surface area contributed by atoms with E-state index < -0.39 is 17.6 Å². The Bertz CT molecular complexity index is 750. The molecule has 1 unspecified atom stereocenters. The molecule has 0 aliphatic carbocycles. The quantitative estimate of drug-likeness (QED) is 0.785. The molecule has 154 valence electrons. The Labute approximate surface area is 159 Å². The predicted molar refractivity (Wildman–Crippen MR) is 90.7 cm³/mol. The number of rotatable bonds is 4. The maximum atomic E-state index is 13.8. The van der Waals surface area contributed by atoms with Crippen molar-refractivity contribution in [1.29, 1.82) is 0 Å². The van der Waals surface area contributed by atoms with Gasteiger partial charge in [-0.05, 0) is 18.6 Å². The molecule has 3 amide bonds. The zero-order valence-electron chi connectivity index (χ0n) is 15.3. The largest absolute Gasteiger partial charge is 0.416 e. The summed E-state index contributed by atoms with van der Waals surface area (Å²) >= 11 is 0. The Morgan fingerprint density at radius 2 is 1.93 bits per heavy atom. The van der Waals surface area contributed by atoms with Crippen LogP contribution in [0.25, 0.3) is 0 Å². The molecule has 1 aromatic carbocycles. The van der Waals surface area contributed by atoms with Gasteiger partial charge in [0.2, 0.25) is 5.91 Å². The van der Waals surface area contributed by atoms with Crippen molar-refractivity contribution in [1.82, 2.24) is 15.1 Å². The fraction of sp³-hybridized carbons (Fsp3) is 0.556. The van der Waals surface area contributed by atoms with Crippen molar-refractivity contribution >= 4 is 11.9 Å². The van der Waals surface area contributed by atoms with Gasteiger partial charge in [0, 0.05) is 25.7 Å². The van der Waals surface area contributed by atoms with Crippen LogP contribution >= 0.6 is 0 Å². The number of benzene rings is 1. The highest BCUT2D eigenvalue weighted by Gasteiger charge is 2.38. The van der Waals surface area contributed by atoms with E-state index in [1.165, 1.54) is 0 Å². The number of ether oxygens (including phenoxy) is 1. The maximum Gasteiger partial charge on any atom is 0.416 e. The van der Waals surface area contributed by atoms with Gasteiger partial charge >= 0.3 is 12.2 Å². The van der Waals surface area contributed by atoms with Gasteiger partial charge in [-0.2, -0.15) is 13.2 Å². The average molecular weight is 403 g/mol. The molecule has 0 bridgehead atoms. The van der Waals surface area contributed by atoms with Gasteiger partial charge in [0.1, 0.15) is 5.82 Å². The Kier molecular flexibility index (Phi) is 5.78. The van der Waals surface area contributed by atoms with E-state index in [0.29, 0.717) is 38.7 Å². The van der Waals surface area contributed by atoms with Crippen molar-refractivity contribution in [3.63, 3.8) is 0 Å². The highest BCUT2D eigenvalue weighted by molar-refractivity contribution is 5.81. The molecular formula is C18H21F4N3O3. The number of nitrogens with zero attached hydrogens (tertiary/aromatic N) is 2. The van der Waals surface area contributed by atoms with Crippen molar-refractivity contribution < 1.29 is 31.9 Å². The Balaban J connectivity index is 1.44. The lowest BCUT2D eigenvalue weighted by Gasteiger charge is -2.40. The van der Waals surface area contributed by atoms with E-state index in [2.05, 4.69) is 5.32 Å². The summed E-state index contributed by atoms with van der Waals surface area (Å²) in [6, 6.07) is 2.15. The molecule has 3 rings (SSSR count). The summed E-state index contributed by atoms with van der Waals surface area (Å²) in [6.45, 7) is 1.36. The lowest BCUT2D eigenvalue weighted by Crippen LogP contribution is -2.58. The fourth-order valence-electron chi connectivity index (χ4n) is 3.30.